The van der Waals surface area contributed by atoms with E-state index in [9.17, 15) is 28.6 Å². The third-order valence-corrected chi connectivity index (χ3v) is 8.84. The fourth-order valence-corrected chi connectivity index (χ4v) is 5.71. The Morgan fingerprint density at radius 1 is 0.587 bits per heavy atom. The number of phenols is 1. The van der Waals surface area contributed by atoms with Crippen molar-refractivity contribution in [1.82, 2.24) is 30.0 Å². The van der Waals surface area contributed by atoms with Crippen molar-refractivity contribution < 1.29 is 38.1 Å². The van der Waals surface area contributed by atoms with E-state index in [0.29, 0.717) is 27.6 Å². The Morgan fingerprint density at radius 3 is 1.40 bits per heavy atom. The van der Waals surface area contributed by atoms with Gasteiger partial charge in [-0.05, 0) is 54.1 Å². The molecule has 0 amide bonds. The second-order valence-corrected chi connectivity index (χ2v) is 12.7. The Balaban J connectivity index is 0.000000477. The average Bonchev–Trinajstić information content (AvgIpc) is 3.94. The molecule has 0 aliphatic heterocycles. The third kappa shape index (κ3) is 14.6. The zero-order chi connectivity index (χ0) is 43.6. The Morgan fingerprint density at radius 2 is 0.968 bits per heavy atom. The number of halogens is 3. The predicted molar refractivity (Wildman–Crippen MR) is 250 cm³/mol. The van der Waals surface area contributed by atoms with E-state index < -0.39 is 23.7 Å². The van der Waals surface area contributed by atoms with Crippen LogP contribution in [0, 0.1) is 11.6 Å². The van der Waals surface area contributed by atoms with Crippen molar-refractivity contribution in [2.24, 2.45) is 0 Å². The van der Waals surface area contributed by atoms with Gasteiger partial charge in [0.25, 0.3) is 0 Å². The van der Waals surface area contributed by atoms with Gasteiger partial charge in [0.1, 0.15) is 61.4 Å². The molecular formula is C48H55BrF2N6O6. The van der Waals surface area contributed by atoms with E-state index >= 15 is 0 Å². The second kappa shape index (κ2) is 27.1. The number of esters is 1. The van der Waals surface area contributed by atoms with Gasteiger partial charge in [-0.2, -0.15) is 0 Å². The first-order valence-corrected chi connectivity index (χ1v) is 19.7. The maximum atomic E-state index is 13.9. The minimum absolute atomic E-state index is 0. The molecule has 2 N–H and O–H groups in total. The van der Waals surface area contributed by atoms with Crippen LogP contribution in [0.4, 0.5) is 8.78 Å². The zero-order valence-electron chi connectivity index (χ0n) is 33.4. The first-order chi connectivity index (χ1) is 29.1. The van der Waals surface area contributed by atoms with Gasteiger partial charge in [0.05, 0.1) is 7.11 Å². The van der Waals surface area contributed by atoms with Crippen molar-refractivity contribution in [3.05, 3.63) is 168 Å². The summed E-state index contributed by atoms with van der Waals surface area (Å²) in [6, 6.07) is 39.9. The van der Waals surface area contributed by atoms with Gasteiger partial charge in [-0.25, -0.2) is 13.6 Å². The molecule has 0 fully saturated rings. The molecule has 0 radical (unpaired) electrons. The van der Waals surface area contributed by atoms with Crippen LogP contribution in [-0.4, -0.2) is 59.2 Å². The number of benzene rings is 6. The number of methoxy groups -OCH3 is 1. The molecule has 334 valence electrons. The molecule has 2 heterocycles. The van der Waals surface area contributed by atoms with Crippen molar-refractivity contribution >= 4 is 49.9 Å². The molecule has 2 unspecified atom stereocenters. The number of phenolic OH excluding ortho intramolecular Hbond substituents is 1. The molecule has 0 aliphatic carbocycles. The minimum atomic E-state index is -1.25. The largest absolute Gasteiger partial charge is 0.506 e. The SMILES string of the molecule is C.C.C.CC.CC.COC(=O)C(Br)c1ccccc1.O=C(O)C(Oc1ccc(F)cc1-n1nc2ccccc2n1)c1ccccc1.Oc1ccc(F)cc1-n1nc2ccccc2n1. The molecule has 0 saturated heterocycles. The summed E-state index contributed by atoms with van der Waals surface area (Å²) in [5.74, 6) is -2.29. The number of carbonyl (C=O) groups excluding carboxylic acids is 1. The normalized spacial score (nSPS) is 10.6. The number of alkyl halides is 1. The average molecular weight is 930 g/mol. The third-order valence-electron chi connectivity index (χ3n) is 7.93. The van der Waals surface area contributed by atoms with Crippen LogP contribution < -0.4 is 4.74 Å². The van der Waals surface area contributed by atoms with E-state index in [1.54, 1.807) is 54.6 Å². The van der Waals surface area contributed by atoms with Crippen molar-refractivity contribution in [2.45, 2.75) is 60.9 Å². The molecule has 6 aromatic carbocycles. The maximum absolute atomic E-state index is 13.9. The number of carboxylic acids is 1. The number of aromatic hydroxyl groups is 1. The van der Waals surface area contributed by atoms with Gasteiger partial charge in [0.15, 0.2) is 0 Å². The molecule has 0 saturated carbocycles. The maximum Gasteiger partial charge on any atom is 0.349 e. The van der Waals surface area contributed by atoms with Crippen molar-refractivity contribution in [2.75, 3.05) is 7.11 Å². The Hall–Kier alpha value is -7.00. The van der Waals surface area contributed by atoms with E-state index in [2.05, 4.69) is 41.1 Å². The molecule has 8 aromatic rings. The van der Waals surface area contributed by atoms with Crippen LogP contribution >= 0.6 is 15.9 Å². The van der Waals surface area contributed by atoms with E-state index in [4.69, 9.17) is 4.74 Å². The molecule has 2 atom stereocenters. The fourth-order valence-electron chi connectivity index (χ4n) is 5.22. The van der Waals surface area contributed by atoms with Crippen LogP contribution in [0.3, 0.4) is 0 Å². The highest BCUT2D eigenvalue weighted by atomic mass is 79.9. The molecule has 0 bridgehead atoms. The first kappa shape index (κ1) is 54.0. The number of hydrogen-bond donors (Lipinski definition) is 2. The summed E-state index contributed by atoms with van der Waals surface area (Å²) in [4.78, 5) is 24.9. The molecule has 0 aliphatic rings. The Labute approximate surface area is 375 Å². The minimum Gasteiger partial charge on any atom is -0.506 e. The molecule has 15 heteroatoms. The van der Waals surface area contributed by atoms with Crippen molar-refractivity contribution in [3.63, 3.8) is 0 Å². The highest BCUT2D eigenvalue weighted by Crippen LogP contribution is 2.30. The van der Waals surface area contributed by atoms with E-state index in [-0.39, 0.29) is 56.0 Å². The molecule has 0 spiro atoms. The molecule has 63 heavy (non-hydrogen) atoms. The second-order valence-electron chi connectivity index (χ2n) is 11.7. The van der Waals surface area contributed by atoms with Crippen LogP contribution in [0.1, 0.15) is 72.0 Å². The van der Waals surface area contributed by atoms with E-state index in [1.165, 1.54) is 53.1 Å². The monoisotopic (exact) mass is 928 g/mol. The smallest absolute Gasteiger partial charge is 0.349 e. The van der Waals surface area contributed by atoms with Gasteiger partial charge in [-0.1, -0.05) is 151 Å². The lowest BCUT2D eigenvalue weighted by molar-refractivity contribution is -0.145. The molecule has 12 nitrogen and oxygen atoms in total. The number of nitrogens with zero attached hydrogens (tertiary/aromatic N) is 6. The Kier molecular flexibility index (Phi) is 23.2. The number of carbonyl (C=O) groups is 2. The number of aromatic nitrogens is 6. The quantitative estimate of drug-likeness (QED) is 0.111. The lowest BCUT2D eigenvalue weighted by Crippen LogP contribution is -2.19. The number of rotatable bonds is 8. The molecule has 2 aromatic heterocycles. The summed E-state index contributed by atoms with van der Waals surface area (Å²) in [5.41, 5.74) is 4.46. The highest BCUT2D eigenvalue weighted by Gasteiger charge is 2.24. The fraction of sp³-hybridized carbons (Fsp3) is 0.208. The van der Waals surface area contributed by atoms with Gasteiger partial charge >= 0.3 is 11.9 Å². The zero-order valence-corrected chi connectivity index (χ0v) is 34.9. The predicted octanol–water partition coefficient (Wildman–Crippen LogP) is 12.3. The highest BCUT2D eigenvalue weighted by molar-refractivity contribution is 9.09. The van der Waals surface area contributed by atoms with Crippen LogP contribution in [0.15, 0.2) is 146 Å². The number of carboxylic acid groups (broad SMARTS) is 1. The van der Waals surface area contributed by atoms with Gasteiger partial charge in [0, 0.05) is 17.7 Å². The molecule has 8 rings (SSSR count). The summed E-state index contributed by atoms with van der Waals surface area (Å²) in [7, 11) is 1.37. The van der Waals surface area contributed by atoms with Crippen LogP contribution in [0.5, 0.6) is 11.5 Å². The van der Waals surface area contributed by atoms with Gasteiger partial charge < -0.3 is 19.7 Å². The van der Waals surface area contributed by atoms with Crippen LogP contribution in [0.2, 0.25) is 0 Å². The van der Waals surface area contributed by atoms with Gasteiger partial charge in [0.2, 0.25) is 6.10 Å². The summed E-state index contributed by atoms with van der Waals surface area (Å²) < 4.78 is 37.3. The number of hydrogen-bond acceptors (Lipinski definition) is 9. The lowest BCUT2D eigenvalue weighted by atomic mass is 10.1. The standard InChI is InChI=1S/C20H14FN3O3.C12H8FN3O.C9H9BrO2.2C2H6.3CH4/c21-14-10-11-18(27-19(20(25)26)13-6-2-1-3-7-13)17(12-14)24-22-15-8-4-5-9-16(15)23-24;13-8-5-6-12(17)11(7-8)16-14-9-3-1-2-4-10(9)15-16;1-12-9(11)8(10)7-5-3-2-4-6-7;2*1-2;;;/h1-12,19H,(H,25,26);1-7,17H;2-6,8H,1H3;2*1-2H3;3*1H4. The first-order valence-electron chi connectivity index (χ1n) is 18.8. The topological polar surface area (TPSA) is 154 Å². The van der Waals surface area contributed by atoms with Crippen molar-refractivity contribution in [3.8, 4) is 22.9 Å². The summed E-state index contributed by atoms with van der Waals surface area (Å²) in [6.45, 7) is 8.00. The van der Waals surface area contributed by atoms with Crippen LogP contribution in [-0.2, 0) is 14.3 Å². The number of ether oxygens (including phenoxy) is 2. The summed E-state index contributed by atoms with van der Waals surface area (Å²) in [5, 5.41) is 36.2. The Bertz CT molecular complexity index is 2530. The summed E-state index contributed by atoms with van der Waals surface area (Å²) in [6.07, 6.45) is -1.25. The number of fused-ring (bicyclic) bond motifs is 2. The van der Waals surface area contributed by atoms with E-state index in [0.717, 1.165) is 5.56 Å². The van der Waals surface area contributed by atoms with Gasteiger partial charge in [-0.3, -0.25) is 4.79 Å². The lowest BCUT2D eigenvalue weighted by Gasteiger charge is -2.17. The number of aliphatic carboxylic acids is 1. The van der Waals surface area contributed by atoms with Crippen LogP contribution in [0.25, 0.3) is 33.4 Å². The van der Waals surface area contributed by atoms with Gasteiger partial charge in [-0.15, -0.1) is 30.0 Å². The molecular weight excluding hydrogens is 874 g/mol. The van der Waals surface area contributed by atoms with Crippen molar-refractivity contribution in [1.29, 1.82) is 0 Å². The van der Waals surface area contributed by atoms with E-state index in [1.807, 2.05) is 82.3 Å². The summed E-state index contributed by atoms with van der Waals surface area (Å²) >= 11 is 3.24.